The first kappa shape index (κ1) is 9.95. The van der Waals surface area contributed by atoms with Crippen molar-refractivity contribution in [3.8, 4) is 0 Å². The van der Waals surface area contributed by atoms with E-state index in [0.29, 0.717) is 6.42 Å². The fourth-order valence-electron chi connectivity index (χ4n) is 0.928. The van der Waals surface area contributed by atoms with Gasteiger partial charge in [0, 0.05) is 5.33 Å². The van der Waals surface area contributed by atoms with Gasteiger partial charge in [0.2, 0.25) is 0 Å². The minimum absolute atomic E-state index is 0.195. The molecular formula is C7H13BrO2. The largest absolute Gasteiger partial charge is 0.481 e. The Kier molecular flexibility index (Phi) is 4.69. The van der Waals surface area contributed by atoms with Crippen molar-refractivity contribution in [3.05, 3.63) is 0 Å². The average molecular weight is 209 g/mol. The Bertz CT molecular complexity index is 114. The molecule has 1 N–H and O–H groups in total. The molecular weight excluding hydrogens is 196 g/mol. The normalized spacial score (nSPS) is 16.3. The van der Waals surface area contributed by atoms with Gasteiger partial charge in [-0.2, -0.15) is 0 Å². The number of rotatable bonds is 4. The van der Waals surface area contributed by atoms with Gasteiger partial charge in [-0.25, -0.2) is 0 Å². The van der Waals surface area contributed by atoms with E-state index in [9.17, 15) is 4.79 Å². The molecule has 2 unspecified atom stereocenters. The molecule has 10 heavy (non-hydrogen) atoms. The Balaban J connectivity index is 3.92. The maximum absolute atomic E-state index is 10.5. The quantitative estimate of drug-likeness (QED) is 0.720. The van der Waals surface area contributed by atoms with Gasteiger partial charge >= 0.3 is 5.97 Å². The fourth-order valence-corrected chi connectivity index (χ4v) is 1.38. The molecule has 2 nitrogen and oxygen atoms in total. The van der Waals surface area contributed by atoms with Crippen LogP contribution in [0.25, 0.3) is 0 Å². The van der Waals surface area contributed by atoms with Gasteiger partial charge in [-0.1, -0.05) is 29.8 Å². The number of hydrogen-bond donors (Lipinski definition) is 1. The van der Waals surface area contributed by atoms with E-state index >= 15 is 0 Å². The van der Waals surface area contributed by atoms with Crippen molar-refractivity contribution in [2.75, 3.05) is 5.33 Å². The van der Waals surface area contributed by atoms with Gasteiger partial charge < -0.3 is 5.11 Å². The molecule has 0 aromatic rings. The molecule has 2 atom stereocenters. The SMILES string of the molecule is CCC(C(=O)O)C(C)CBr. The van der Waals surface area contributed by atoms with Crippen LogP contribution in [0.1, 0.15) is 20.3 Å². The highest BCUT2D eigenvalue weighted by Crippen LogP contribution is 2.17. The lowest BCUT2D eigenvalue weighted by molar-refractivity contribution is -0.143. The van der Waals surface area contributed by atoms with E-state index in [2.05, 4.69) is 15.9 Å². The first-order valence-corrected chi connectivity index (χ1v) is 4.54. The van der Waals surface area contributed by atoms with Crippen LogP contribution in [0.2, 0.25) is 0 Å². The summed E-state index contributed by atoms with van der Waals surface area (Å²) in [5.74, 6) is -0.656. The Morgan fingerprint density at radius 3 is 2.30 bits per heavy atom. The summed E-state index contributed by atoms with van der Waals surface area (Å²) in [6, 6.07) is 0. The van der Waals surface area contributed by atoms with E-state index in [1.54, 1.807) is 0 Å². The third-order valence-corrected chi connectivity index (χ3v) is 2.71. The number of halogens is 1. The van der Waals surface area contributed by atoms with Crippen molar-refractivity contribution in [2.24, 2.45) is 11.8 Å². The highest BCUT2D eigenvalue weighted by atomic mass is 79.9. The molecule has 0 aromatic heterocycles. The monoisotopic (exact) mass is 208 g/mol. The predicted molar refractivity (Wildman–Crippen MR) is 44.4 cm³/mol. The molecule has 0 spiro atoms. The molecule has 0 amide bonds. The highest BCUT2D eigenvalue weighted by molar-refractivity contribution is 9.09. The van der Waals surface area contributed by atoms with Crippen LogP contribution < -0.4 is 0 Å². The van der Waals surface area contributed by atoms with Gasteiger partial charge in [0.25, 0.3) is 0 Å². The van der Waals surface area contributed by atoms with Crippen LogP contribution in [-0.4, -0.2) is 16.4 Å². The third-order valence-electron chi connectivity index (χ3n) is 1.69. The van der Waals surface area contributed by atoms with E-state index in [1.165, 1.54) is 0 Å². The van der Waals surface area contributed by atoms with Crippen molar-refractivity contribution in [1.29, 1.82) is 0 Å². The van der Waals surface area contributed by atoms with Crippen LogP contribution in [0.15, 0.2) is 0 Å². The Labute approximate surface area is 69.8 Å². The van der Waals surface area contributed by atoms with Crippen LogP contribution >= 0.6 is 15.9 Å². The zero-order valence-corrected chi connectivity index (χ0v) is 7.89. The van der Waals surface area contributed by atoms with Crippen molar-refractivity contribution >= 4 is 21.9 Å². The van der Waals surface area contributed by atoms with Crippen LogP contribution in [0.5, 0.6) is 0 Å². The lowest BCUT2D eigenvalue weighted by atomic mass is 9.94. The van der Waals surface area contributed by atoms with Crippen molar-refractivity contribution in [1.82, 2.24) is 0 Å². The third kappa shape index (κ3) is 2.69. The number of hydrogen-bond acceptors (Lipinski definition) is 1. The zero-order chi connectivity index (χ0) is 8.15. The van der Waals surface area contributed by atoms with E-state index in [1.807, 2.05) is 13.8 Å². The summed E-state index contributed by atoms with van der Waals surface area (Å²) >= 11 is 3.26. The second-order valence-corrected chi connectivity index (χ2v) is 3.13. The summed E-state index contributed by atoms with van der Waals surface area (Å²) in [5.41, 5.74) is 0. The molecule has 0 aliphatic rings. The summed E-state index contributed by atoms with van der Waals surface area (Å²) in [7, 11) is 0. The van der Waals surface area contributed by atoms with Gasteiger partial charge in [0.15, 0.2) is 0 Å². The lowest BCUT2D eigenvalue weighted by Crippen LogP contribution is -2.21. The summed E-state index contributed by atoms with van der Waals surface area (Å²) < 4.78 is 0. The van der Waals surface area contributed by atoms with E-state index < -0.39 is 5.97 Å². The molecule has 0 aliphatic carbocycles. The molecule has 0 heterocycles. The molecule has 0 rings (SSSR count). The minimum atomic E-state index is -0.686. The number of carbonyl (C=O) groups is 1. The number of aliphatic carboxylic acids is 1. The van der Waals surface area contributed by atoms with E-state index in [0.717, 1.165) is 5.33 Å². The molecule has 0 saturated carbocycles. The maximum atomic E-state index is 10.5. The van der Waals surface area contributed by atoms with Gasteiger partial charge in [-0.05, 0) is 12.3 Å². The summed E-state index contributed by atoms with van der Waals surface area (Å²) in [6.45, 7) is 3.84. The highest BCUT2D eigenvalue weighted by Gasteiger charge is 2.20. The summed E-state index contributed by atoms with van der Waals surface area (Å²) in [5, 5.41) is 9.42. The number of alkyl halides is 1. The Morgan fingerprint density at radius 1 is 1.70 bits per heavy atom. The van der Waals surface area contributed by atoms with E-state index in [-0.39, 0.29) is 11.8 Å². The standard InChI is InChI=1S/C7H13BrO2/c1-3-6(7(9)10)5(2)4-8/h5-6H,3-4H2,1-2H3,(H,9,10). The molecule has 0 aromatic carbocycles. The Morgan fingerprint density at radius 2 is 2.20 bits per heavy atom. The minimum Gasteiger partial charge on any atom is -0.481 e. The lowest BCUT2D eigenvalue weighted by Gasteiger charge is -2.14. The zero-order valence-electron chi connectivity index (χ0n) is 6.30. The topological polar surface area (TPSA) is 37.3 Å². The molecule has 0 radical (unpaired) electrons. The molecule has 60 valence electrons. The molecule has 0 fully saturated rings. The summed E-state index contributed by atoms with van der Waals surface area (Å²) in [4.78, 5) is 10.5. The average Bonchev–Trinajstić information content (AvgIpc) is 1.88. The van der Waals surface area contributed by atoms with Gasteiger partial charge in [-0.15, -0.1) is 0 Å². The van der Waals surface area contributed by atoms with Crippen LogP contribution in [0.3, 0.4) is 0 Å². The van der Waals surface area contributed by atoms with Gasteiger partial charge in [-0.3, -0.25) is 4.79 Å². The molecule has 0 aliphatic heterocycles. The van der Waals surface area contributed by atoms with Crippen LogP contribution in [0.4, 0.5) is 0 Å². The van der Waals surface area contributed by atoms with Gasteiger partial charge in [0.05, 0.1) is 5.92 Å². The Hall–Kier alpha value is -0.0500. The maximum Gasteiger partial charge on any atom is 0.306 e. The molecule has 0 saturated heterocycles. The second kappa shape index (κ2) is 4.72. The van der Waals surface area contributed by atoms with Crippen molar-refractivity contribution in [3.63, 3.8) is 0 Å². The van der Waals surface area contributed by atoms with Crippen LogP contribution in [0, 0.1) is 11.8 Å². The summed E-state index contributed by atoms with van der Waals surface area (Å²) in [6.07, 6.45) is 0.710. The fraction of sp³-hybridized carbons (Fsp3) is 0.857. The van der Waals surface area contributed by atoms with Gasteiger partial charge in [0.1, 0.15) is 0 Å². The number of carboxylic acids is 1. The van der Waals surface area contributed by atoms with Crippen LogP contribution in [-0.2, 0) is 4.79 Å². The second-order valence-electron chi connectivity index (χ2n) is 2.48. The van der Waals surface area contributed by atoms with Crippen molar-refractivity contribution < 1.29 is 9.90 Å². The van der Waals surface area contributed by atoms with Crippen molar-refractivity contribution in [2.45, 2.75) is 20.3 Å². The predicted octanol–water partition coefficient (Wildman–Crippen LogP) is 2.13. The molecule has 3 heteroatoms. The first-order valence-electron chi connectivity index (χ1n) is 3.42. The number of carboxylic acid groups (broad SMARTS) is 1. The smallest absolute Gasteiger partial charge is 0.306 e. The first-order chi connectivity index (χ1) is 4.63. The van der Waals surface area contributed by atoms with E-state index in [4.69, 9.17) is 5.11 Å². The molecule has 0 bridgehead atoms.